The second kappa shape index (κ2) is 6.03. The van der Waals surface area contributed by atoms with E-state index in [4.69, 9.17) is 0 Å². The number of hydrogen-bond acceptors (Lipinski definition) is 5. The van der Waals surface area contributed by atoms with Crippen molar-refractivity contribution in [1.29, 1.82) is 0 Å². The third-order valence-corrected chi connectivity index (χ3v) is 3.99. The molecular formula is C18H14FN5O. The standard InChI is InChI=1S/C18H14FN5O/c1-11-7-14(19)8-13(10-25)17(11)15-4-5-16-21-22-18(24(16)23-15)12-3-2-6-20-9-12/h2-9,25H,10H2,1H3. The fraction of sp³-hybridized carbons (Fsp3) is 0.111. The summed E-state index contributed by atoms with van der Waals surface area (Å²) in [6.45, 7) is 1.52. The van der Waals surface area contributed by atoms with Crippen LogP contribution in [0.15, 0.2) is 48.8 Å². The lowest BCUT2D eigenvalue weighted by Crippen LogP contribution is -2.01. The Labute approximate surface area is 142 Å². The van der Waals surface area contributed by atoms with Crippen LogP contribution in [0.2, 0.25) is 0 Å². The molecule has 6 nitrogen and oxygen atoms in total. The average Bonchev–Trinajstić information content (AvgIpc) is 3.05. The Balaban J connectivity index is 1.94. The highest BCUT2D eigenvalue weighted by molar-refractivity contribution is 5.69. The Morgan fingerprint density at radius 2 is 2.04 bits per heavy atom. The lowest BCUT2D eigenvalue weighted by Gasteiger charge is -2.11. The first-order valence-corrected chi connectivity index (χ1v) is 7.70. The van der Waals surface area contributed by atoms with E-state index in [9.17, 15) is 9.50 Å². The zero-order valence-corrected chi connectivity index (χ0v) is 13.4. The van der Waals surface area contributed by atoms with Gasteiger partial charge in [0.2, 0.25) is 0 Å². The number of aliphatic hydroxyl groups excluding tert-OH is 1. The van der Waals surface area contributed by atoms with E-state index in [2.05, 4.69) is 20.3 Å². The summed E-state index contributed by atoms with van der Waals surface area (Å²) in [5.74, 6) is 0.182. The van der Waals surface area contributed by atoms with Crippen LogP contribution in [0.4, 0.5) is 4.39 Å². The van der Waals surface area contributed by atoms with Crippen molar-refractivity contribution in [3.63, 3.8) is 0 Å². The molecule has 1 aromatic carbocycles. The maximum atomic E-state index is 13.6. The van der Waals surface area contributed by atoms with Crippen LogP contribution in [0.5, 0.6) is 0 Å². The average molecular weight is 335 g/mol. The van der Waals surface area contributed by atoms with Crippen molar-refractivity contribution in [2.24, 2.45) is 0 Å². The van der Waals surface area contributed by atoms with Crippen molar-refractivity contribution in [3.05, 3.63) is 65.7 Å². The smallest absolute Gasteiger partial charge is 0.186 e. The van der Waals surface area contributed by atoms with Crippen molar-refractivity contribution in [1.82, 2.24) is 24.8 Å². The molecule has 7 heteroatoms. The molecule has 4 aromatic rings. The number of rotatable bonds is 3. The molecule has 0 aliphatic heterocycles. The highest BCUT2D eigenvalue weighted by Crippen LogP contribution is 2.28. The maximum Gasteiger partial charge on any atom is 0.186 e. The first-order valence-electron chi connectivity index (χ1n) is 7.70. The number of nitrogens with zero attached hydrogens (tertiary/aromatic N) is 5. The van der Waals surface area contributed by atoms with Crippen LogP contribution >= 0.6 is 0 Å². The van der Waals surface area contributed by atoms with E-state index in [-0.39, 0.29) is 12.4 Å². The Hall–Kier alpha value is -3.19. The minimum atomic E-state index is -0.383. The zero-order chi connectivity index (χ0) is 17.4. The fourth-order valence-corrected chi connectivity index (χ4v) is 2.90. The van der Waals surface area contributed by atoms with E-state index < -0.39 is 0 Å². The topological polar surface area (TPSA) is 76.2 Å². The molecule has 0 atom stereocenters. The van der Waals surface area contributed by atoms with Gasteiger partial charge in [-0.1, -0.05) is 0 Å². The number of fused-ring (bicyclic) bond motifs is 1. The number of halogens is 1. The molecule has 4 rings (SSSR count). The molecule has 124 valence electrons. The lowest BCUT2D eigenvalue weighted by molar-refractivity contribution is 0.281. The molecule has 0 saturated carbocycles. The Morgan fingerprint density at radius 1 is 1.16 bits per heavy atom. The van der Waals surface area contributed by atoms with Gasteiger partial charge in [-0.25, -0.2) is 4.39 Å². The van der Waals surface area contributed by atoms with E-state index in [1.807, 2.05) is 12.1 Å². The largest absolute Gasteiger partial charge is 0.392 e. The number of pyridine rings is 1. The van der Waals surface area contributed by atoms with E-state index in [0.29, 0.717) is 33.9 Å². The molecule has 0 spiro atoms. The summed E-state index contributed by atoms with van der Waals surface area (Å²) in [7, 11) is 0. The van der Waals surface area contributed by atoms with Gasteiger partial charge in [0.25, 0.3) is 0 Å². The first kappa shape index (κ1) is 15.3. The summed E-state index contributed by atoms with van der Waals surface area (Å²) in [4.78, 5) is 4.10. The van der Waals surface area contributed by atoms with Crippen molar-refractivity contribution in [2.45, 2.75) is 13.5 Å². The van der Waals surface area contributed by atoms with Crippen LogP contribution in [-0.2, 0) is 6.61 Å². The predicted octanol–water partition coefficient (Wildman–Crippen LogP) is 2.79. The molecule has 0 fully saturated rings. The molecule has 3 heterocycles. The van der Waals surface area contributed by atoms with Crippen LogP contribution < -0.4 is 0 Å². The van der Waals surface area contributed by atoms with Crippen LogP contribution in [0.1, 0.15) is 11.1 Å². The summed E-state index contributed by atoms with van der Waals surface area (Å²) in [5.41, 5.74) is 3.88. The summed E-state index contributed by atoms with van der Waals surface area (Å²) in [6, 6.07) is 10.0. The van der Waals surface area contributed by atoms with Gasteiger partial charge < -0.3 is 5.11 Å². The Morgan fingerprint density at radius 3 is 2.80 bits per heavy atom. The van der Waals surface area contributed by atoms with Gasteiger partial charge in [-0.3, -0.25) is 4.98 Å². The van der Waals surface area contributed by atoms with Crippen LogP contribution in [0, 0.1) is 12.7 Å². The van der Waals surface area contributed by atoms with E-state index in [0.717, 1.165) is 5.56 Å². The van der Waals surface area contributed by atoms with Crippen LogP contribution in [-0.4, -0.2) is 29.9 Å². The van der Waals surface area contributed by atoms with Gasteiger partial charge in [0, 0.05) is 23.5 Å². The van der Waals surface area contributed by atoms with Crippen molar-refractivity contribution >= 4 is 5.65 Å². The van der Waals surface area contributed by atoms with Gasteiger partial charge in [0.15, 0.2) is 11.5 Å². The molecule has 1 N–H and O–H groups in total. The monoisotopic (exact) mass is 335 g/mol. The third kappa shape index (κ3) is 2.64. The summed E-state index contributed by atoms with van der Waals surface area (Å²) in [5, 5.41) is 22.5. The van der Waals surface area contributed by atoms with Gasteiger partial charge in [0.05, 0.1) is 12.3 Å². The lowest BCUT2D eigenvalue weighted by atomic mass is 9.99. The van der Waals surface area contributed by atoms with Crippen molar-refractivity contribution < 1.29 is 9.50 Å². The van der Waals surface area contributed by atoms with Crippen LogP contribution in [0.3, 0.4) is 0 Å². The van der Waals surface area contributed by atoms with E-state index in [1.165, 1.54) is 12.1 Å². The molecule has 0 saturated heterocycles. The molecule has 25 heavy (non-hydrogen) atoms. The number of aliphatic hydroxyl groups is 1. The number of benzene rings is 1. The molecule has 0 unspecified atom stereocenters. The van der Waals surface area contributed by atoms with Crippen LogP contribution in [0.25, 0.3) is 28.3 Å². The highest BCUT2D eigenvalue weighted by Gasteiger charge is 2.15. The fourth-order valence-electron chi connectivity index (χ4n) is 2.90. The zero-order valence-electron chi connectivity index (χ0n) is 13.4. The Kier molecular flexibility index (Phi) is 3.70. The number of hydrogen-bond donors (Lipinski definition) is 1. The molecular weight excluding hydrogens is 321 g/mol. The van der Waals surface area contributed by atoms with Gasteiger partial charge in [0.1, 0.15) is 5.82 Å². The summed E-state index contributed by atoms with van der Waals surface area (Å²) < 4.78 is 15.3. The van der Waals surface area contributed by atoms with E-state index in [1.54, 1.807) is 36.0 Å². The third-order valence-electron chi connectivity index (χ3n) is 3.99. The molecule has 0 bridgehead atoms. The quantitative estimate of drug-likeness (QED) is 0.623. The highest BCUT2D eigenvalue weighted by atomic mass is 19.1. The molecule has 3 aromatic heterocycles. The summed E-state index contributed by atoms with van der Waals surface area (Å²) in [6.07, 6.45) is 3.37. The second-order valence-corrected chi connectivity index (χ2v) is 5.67. The first-order chi connectivity index (χ1) is 12.2. The van der Waals surface area contributed by atoms with Gasteiger partial charge in [-0.2, -0.15) is 9.61 Å². The minimum absolute atomic E-state index is 0.273. The number of aromatic nitrogens is 5. The van der Waals surface area contributed by atoms with Gasteiger partial charge in [-0.05, 0) is 54.4 Å². The minimum Gasteiger partial charge on any atom is -0.392 e. The predicted molar refractivity (Wildman–Crippen MR) is 90.1 cm³/mol. The number of aryl methyl sites for hydroxylation is 1. The maximum absolute atomic E-state index is 13.6. The van der Waals surface area contributed by atoms with E-state index >= 15 is 0 Å². The van der Waals surface area contributed by atoms with Gasteiger partial charge in [-0.15, -0.1) is 10.2 Å². The molecule has 0 aliphatic rings. The Bertz CT molecular complexity index is 1060. The second-order valence-electron chi connectivity index (χ2n) is 5.67. The molecule has 0 amide bonds. The van der Waals surface area contributed by atoms with Crippen molar-refractivity contribution in [3.8, 4) is 22.6 Å². The summed E-state index contributed by atoms with van der Waals surface area (Å²) >= 11 is 0. The molecule has 0 aliphatic carbocycles. The normalized spacial score (nSPS) is 11.2. The molecule has 0 radical (unpaired) electrons. The van der Waals surface area contributed by atoms with Crippen molar-refractivity contribution in [2.75, 3.05) is 0 Å². The SMILES string of the molecule is Cc1cc(F)cc(CO)c1-c1ccc2nnc(-c3cccnc3)n2n1. The van der Waals surface area contributed by atoms with Gasteiger partial charge >= 0.3 is 0 Å².